The highest BCUT2D eigenvalue weighted by atomic mass is 16.3. The zero-order valence-electron chi connectivity index (χ0n) is 22.1. The predicted molar refractivity (Wildman–Crippen MR) is 132 cm³/mol. The molecule has 0 aliphatic heterocycles. The number of hydrogen-bond donors (Lipinski definition) is 2. The molecule has 0 aromatic carbocycles. The van der Waals surface area contributed by atoms with E-state index in [2.05, 4.69) is 54.5 Å². The molecule has 5 aliphatic carbocycles. The van der Waals surface area contributed by atoms with Gasteiger partial charge in [0.2, 0.25) is 0 Å². The van der Waals surface area contributed by atoms with E-state index in [1.165, 1.54) is 57.8 Å². The second-order valence-corrected chi connectivity index (χ2v) is 15.1. The first-order valence-corrected chi connectivity index (χ1v) is 13.8. The monoisotopic (exact) mass is 442 g/mol. The van der Waals surface area contributed by atoms with Gasteiger partial charge in [-0.05, 0) is 109 Å². The van der Waals surface area contributed by atoms with Crippen molar-refractivity contribution in [1.29, 1.82) is 0 Å². The lowest BCUT2D eigenvalue weighted by Crippen LogP contribution is -2.64. The third kappa shape index (κ3) is 2.78. The molecule has 0 radical (unpaired) electrons. The van der Waals surface area contributed by atoms with Crippen LogP contribution in [0.5, 0.6) is 0 Å². The van der Waals surface area contributed by atoms with E-state index < -0.39 is 0 Å². The standard InChI is InChI=1S/C30H50O2/c1-25(2)14-16-30(19-31)17-15-28(6)20(21(30)18-25)8-9-23-27(5)12-11-24(32)26(3,4)22(27)10-13-29(23,28)7/h8,21-24,31-32H,9-19H2,1-7H3/t21-,22?,23?,24-,27-,28+,29+,30+/m0/s1. The van der Waals surface area contributed by atoms with E-state index in [0.29, 0.717) is 40.6 Å². The maximum absolute atomic E-state index is 10.9. The second kappa shape index (κ2) is 6.87. The minimum Gasteiger partial charge on any atom is -0.396 e. The number of hydrogen-bond acceptors (Lipinski definition) is 2. The highest BCUT2D eigenvalue weighted by Crippen LogP contribution is 2.75. The molecule has 4 saturated carbocycles. The maximum Gasteiger partial charge on any atom is 0.0594 e. The summed E-state index contributed by atoms with van der Waals surface area (Å²) in [4.78, 5) is 0. The molecule has 0 aromatic heterocycles. The third-order valence-corrected chi connectivity index (χ3v) is 13.1. The molecule has 2 heteroatoms. The highest BCUT2D eigenvalue weighted by Gasteiger charge is 2.68. The molecule has 2 unspecified atom stereocenters. The summed E-state index contributed by atoms with van der Waals surface area (Å²) < 4.78 is 0. The quantitative estimate of drug-likeness (QED) is 0.424. The number of aliphatic hydroxyl groups is 2. The van der Waals surface area contributed by atoms with Gasteiger partial charge in [-0.1, -0.05) is 60.1 Å². The lowest BCUT2D eigenvalue weighted by Gasteiger charge is -2.71. The van der Waals surface area contributed by atoms with Crippen molar-refractivity contribution in [3.05, 3.63) is 11.6 Å². The van der Waals surface area contributed by atoms with Crippen LogP contribution in [0.2, 0.25) is 0 Å². The fourth-order valence-electron chi connectivity index (χ4n) is 10.6. The Labute approximate surface area is 197 Å². The topological polar surface area (TPSA) is 40.5 Å². The molecule has 0 aromatic rings. The first-order chi connectivity index (χ1) is 14.8. The second-order valence-electron chi connectivity index (χ2n) is 15.1. The normalized spacial score (nSPS) is 53.8. The Morgan fingerprint density at radius 2 is 1.53 bits per heavy atom. The van der Waals surface area contributed by atoms with Crippen LogP contribution in [0.25, 0.3) is 0 Å². The molecule has 5 rings (SSSR count). The molecule has 0 saturated heterocycles. The SMILES string of the molecule is CC1(C)CC[C@]2(CO)CC[C@]3(C)C(=CCC4[C@@]5(C)CC[C@H](O)C(C)(C)C5CC[C@]43C)[C@@H]2C1. The van der Waals surface area contributed by atoms with E-state index in [4.69, 9.17) is 0 Å². The van der Waals surface area contributed by atoms with E-state index in [-0.39, 0.29) is 22.3 Å². The third-order valence-electron chi connectivity index (χ3n) is 13.1. The molecular formula is C30H50O2. The molecule has 4 fully saturated rings. The summed E-state index contributed by atoms with van der Waals surface area (Å²) in [6.07, 6.45) is 14.6. The van der Waals surface area contributed by atoms with Crippen molar-refractivity contribution in [3.63, 3.8) is 0 Å². The van der Waals surface area contributed by atoms with Gasteiger partial charge in [0.25, 0.3) is 0 Å². The summed E-state index contributed by atoms with van der Waals surface area (Å²) in [7, 11) is 0. The molecular weight excluding hydrogens is 392 g/mol. The average Bonchev–Trinajstić information content (AvgIpc) is 2.71. The molecule has 0 spiro atoms. The first kappa shape index (κ1) is 23.4. The van der Waals surface area contributed by atoms with Crippen LogP contribution < -0.4 is 0 Å². The van der Waals surface area contributed by atoms with Crippen molar-refractivity contribution < 1.29 is 10.2 Å². The van der Waals surface area contributed by atoms with E-state index in [0.717, 1.165) is 6.42 Å². The molecule has 32 heavy (non-hydrogen) atoms. The van der Waals surface area contributed by atoms with Gasteiger partial charge in [-0.3, -0.25) is 0 Å². The van der Waals surface area contributed by atoms with Crippen LogP contribution in [0.15, 0.2) is 11.6 Å². The van der Waals surface area contributed by atoms with Gasteiger partial charge in [-0.15, -0.1) is 0 Å². The van der Waals surface area contributed by atoms with Gasteiger partial charge < -0.3 is 10.2 Å². The lowest BCUT2D eigenvalue weighted by atomic mass is 9.33. The fourth-order valence-corrected chi connectivity index (χ4v) is 10.6. The Morgan fingerprint density at radius 1 is 0.844 bits per heavy atom. The Hall–Kier alpha value is -0.340. The maximum atomic E-state index is 10.9. The number of rotatable bonds is 1. The van der Waals surface area contributed by atoms with Crippen molar-refractivity contribution in [2.45, 2.75) is 119 Å². The van der Waals surface area contributed by atoms with Crippen LogP contribution in [0.4, 0.5) is 0 Å². The van der Waals surface area contributed by atoms with Crippen molar-refractivity contribution >= 4 is 0 Å². The summed E-state index contributed by atoms with van der Waals surface area (Å²) in [6.45, 7) is 17.8. The Morgan fingerprint density at radius 3 is 2.22 bits per heavy atom. The van der Waals surface area contributed by atoms with Crippen LogP contribution in [-0.2, 0) is 0 Å². The minimum absolute atomic E-state index is 0.0191. The minimum atomic E-state index is -0.153. The Kier molecular flexibility index (Phi) is 5.02. The molecule has 0 bridgehead atoms. The zero-order chi connectivity index (χ0) is 23.4. The molecule has 182 valence electrons. The van der Waals surface area contributed by atoms with Crippen LogP contribution in [0, 0.1) is 50.2 Å². The van der Waals surface area contributed by atoms with Gasteiger partial charge in [-0.2, -0.15) is 0 Å². The molecule has 0 heterocycles. The van der Waals surface area contributed by atoms with E-state index in [1.54, 1.807) is 5.57 Å². The molecule has 0 amide bonds. The summed E-state index contributed by atoms with van der Waals surface area (Å²) in [5.41, 5.74) is 3.16. The van der Waals surface area contributed by atoms with Crippen LogP contribution in [0.3, 0.4) is 0 Å². The molecule has 8 atom stereocenters. The lowest BCUT2D eigenvalue weighted by molar-refractivity contribution is -0.204. The highest BCUT2D eigenvalue weighted by molar-refractivity contribution is 5.33. The summed E-state index contributed by atoms with van der Waals surface area (Å²) in [6, 6.07) is 0. The zero-order valence-corrected chi connectivity index (χ0v) is 22.1. The van der Waals surface area contributed by atoms with Crippen molar-refractivity contribution in [3.8, 4) is 0 Å². The van der Waals surface area contributed by atoms with Crippen molar-refractivity contribution in [2.24, 2.45) is 50.2 Å². The molecule has 5 aliphatic rings. The summed E-state index contributed by atoms with van der Waals surface area (Å²) in [5, 5.41) is 21.5. The van der Waals surface area contributed by atoms with Crippen LogP contribution in [-0.4, -0.2) is 22.9 Å². The predicted octanol–water partition coefficient (Wildman–Crippen LogP) is 7.14. The van der Waals surface area contributed by atoms with Crippen molar-refractivity contribution in [1.82, 2.24) is 0 Å². The van der Waals surface area contributed by atoms with E-state index >= 15 is 0 Å². The molecule has 2 N–H and O–H groups in total. The molecule has 2 nitrogen and oxygen atoms in total. The Bertz CT molecular complexity index is 810. The van der Waals surface area contributed by atoms with Gasteiger partial charge in [0, 0.05) is 12.0 Å². The number of allylic oxidation sites excluding steroid dienone is 2. The summed E-state index contributed by atoms with van der Waals surface area (Å²) in [5.74, 6) is 1.87. The fraction of sp³-hybridized carbons (Fsp3) is 0.933. The smallest absolute Gasteiger partial charge is 0.0594 e. The van der Waals surface area contributed by atoms with E-state index in [1.807, 2.05) is 0 Å². The van der Waals surface area contributed by atoms with Gasteiger partial charge >= 0.3 is 0 Å². The van der Waals surface area contributed by atoms with Gasteiger partial charge in [-0.25, -0.2) is 0 Å². The van der Waals surface area contributed by atoms with Gasteiger partial charge in [0.15, 0.2) is 0 Å². The number of fused-ring (bicyclic) bond motifs is 7. The van der Waals surface area contributed by atoms with Crippen LogP contribution in [0.1, 0.15) is 113 Å². The Balaban J connectivity index is 1.58. The van der Waals surface area contributed by atoms with Crippen molar-refractivity contribution in [2.75, 3.05) is 6.61 Å². The first-order valence-electron chi connectivity index (χ1n) is 13.8. The van der Waals surface area contributed by atoms with E-state index in [9.17, 15) is 10.2 Å². The number of aliphatic hydroxyl groups excluding tert-OH is 2. The van der Waals surface area contributed by atoms with Crippen LogP contribution >= 0.6 is 0 Å². The van der Waals surface area contributed by atoms with Gasteiger partial charge in [0.1, 0.15) is 0 Å². The summed E-state index contributed by atoms with van der Waals surface area (Å²) >= 11 is 0. The van der Waals surface area contributed by atoms with Gasteiger partial charge in [0.05, 0.1) is 6.10 Å². The average molecular weight is 443 g/mol. The largest absolute Gasteiger partial charge is 0.396 e.